The van der Waals surface area contributed by atoms with E-state index in [9.17, 15) is 8.42 Å². The third kappa shape index (κ3) is 2.54. The minimum atomic E-state index is -3.33. The Kier molecular flexibility index (Phi) is 3.93. The number of benzene rings is 1. The fourth-order valence-electron chi connectivity index (χ4n) is 1.50. The van der Waals surface area contributed by atoms with Crippen molar-refractivity contribution in [2.45, 2.75) is 19.1 Å². The monoisotopic (exact) mass is 243 g/mol. The summed E-state index contributed by atoms with van der Waals surface area (Å²) in [5.41, 5.74) is 1.71. The van der Waals surface area contributed by atoms with E-state index in [-0.39, 0.29) is 0 Å². The second kappa shape index (κ2) is 4.84. The molecular formula is C11H17NO3S. The van der Waals surface area contributed by atoms with Crippen LogP contribution in [0, 0.1) is 6.92 Å². The summed E-state index contributed by atoms with van der Waals surface area (Å²) < 4.78 is 30.9. The maximum Gasteiger partial charge on any atom is 0.218 e. The number of sulfonamides is 1. The van der Waals surface area contributed by atoms with Crippen LogP contribution in [-0.2, 0) is 10.0 Å². The summed E-state index contributed by atoms with van der Waals surface area (Å²) in [5.74, 6) is 0.603. The molecule has 0 aliphatic rings. The minimum Gasteiger partial charge on any atom is -0.496 e. The van der Waals surface area contributed by atoms with Crippen LogP contribution in [0.5, 0.6) is 5.75 Å². The van der Waals surface area contributed by atoms with E-state index >= 15 is 0 Å². The normalized spacial score (nSPS) is 13.5. The van der Waals surface area contributed by atoms with Crippen molar-refractivity contribution in [3.8, 4) is 5.75 Å². The Hall–Kier alpha value is -1.07. The van der Waals surface area contributed by atoms with Crippen LogP contribution in [-0.4, -0.2) is 22.6 Å². The SMILES string of the molecule is CNS(=O)(=O)C(C)c1ccc(C)cc1OC. The van der Waals surface area contributed by atoms with E-state index in [4.69, 9.17) is 4.74 Å². The zero-order valence-corrected chi connectivity index (χ0v) is 10.8. The van der Waals surface area contributed by atoms with Crippen molar-refractivity contribution < 1.29 is 13.2 Å². The van der Waals surface area contributed by atoms with Crippen molar-refractivity contribution >= 4 is 10.0 Å². The molecule has 0 bridgehead atoms. The molecule has 0 saturated heterocycles. The lowest BCUT2D eigenvalue weighted by Crippen LogP contribution is -2.24. The highest BCUT2D eigenvalue weighted by Crippen LogP contribution is 2.30. The van der Waals surface area contributed by atoms with E-state index in [1.165, 1.54) is 14.2 Å². The van der Waals surface area contributed by atoms with E-state index in [0.29, 0.717) is 11.3 Å². The Labute approximate surface area is 96.7 Å². The first kappa shape index (κ1) is 13.0. The molecule has 1 rings (SSSR count). The van der Waals surface area contributed by atoms with Gasteiger partial charge in [0.05, 0.1) is 7.11 Å². The summed E-state index contributed by atoms with van der Waals surface area (Å²) in [5, 5.41) is -0.631. The fourth-order valence-corrected chi connectivity index (χ4v) is 2.38. The Morgan fingerprint density at radius 2 is 2.00 bits per heavy atom. The van der Waals surface area contributed by atoms with Gasteiger partial charge in [0, 0.05) is 5.56 Å². The van der Waals surface area contributed by atoms with Crippen LogP contribution in [0.4, 0.5) is 0 Å². The third-order valence-electron chi connectivity index (χ3n) is 2.58. The van der Waals surface area contributed by atoms with Gasteiger partial charge in [0.25, 0.3) is 0 Å². The van der Waals surface area contributed by atoms with E-state index in [0.717, 1.165) is 5.56 Å². The molecule has 0 radical (unpaired) electrons. The molecule has 0 saturated carbocycles. The van der Waals surface area contributed by atoms with Gasteiger partial charge >= 0.3 is 0 Å². The zero-order valence-electron chi connectivity index (χ0n) is 9.94. The van der Waals surface area contributed by atoms with Gasteiger partial charge < -0.3 is 4.74 Å². The van der Waals surface area contributed by atoms with E-state index in [1.807, 2.05) is 19.1 Å². The summed E-state index contributed by atoms with van der Waals surface area (Å²) in [4.78, 5) is 0. The molecule has 5 heteroatoms. The second-order valence-corrected chi connectivity index (χ2v) is 5.84. The Morgan fingerprint density at radius 1 is 1.38 bits per heavy atom. The van der Waals surface area contributed by atoms with Crippen LogP contribution in [0.2, 0.25) is 0 Å². The van der Waals surface area contributed by atoms with Crippen LogP contribution < -0.4 is 9.46 Å². The van der Waals surface area contributed by atoms with Crippen LogP contribution in [0.25, 0.3) is 0 Å². The molecule has 0 aromatic heterocycles. The van der Waals surface area contributed by atoms with Gasteiger partial charge in [-0.05, 0) is 32.5 Å². The van der Waals surface area contributed by atoms with Gasteiger partial charge in [-0.15, -0.1) is 0 Å². The summed E-state index contributed by atoms with van der Waals surface area (Å²) in [6, 6.07) is 5.49. The lowest BCUT2D eigenvalue weighted by molar-refractivity contribution is 0.408. The maximum absolute atomic E-state index is 11.7. The molecule has 0 aliphatic carbocycles. The molecular weight excluding hydrogens is 226 g/mol. The number of methoxy groups -OCH3 is 1. The van der Waals surface area contributed by atoms with Crippen molar-refractivity contribution in [3.05, 3.63) is 29.3 Å². The molecule has 0 aliphatic heterocycles. The van der Waals surface area contributed by atoms with Crippen molar-refractivity contribution in [3.63, 3.8) is 0 Å². The van der Waals surface area contributed by atoms with Gasteiger partial charge in [0.15, 0.2) is 0 Å². The number of hydrogen-bond donors (Lipinski definition) is 1. The number of rotatable bonds is 4. The molecule has 1 aromatic carbocycles. The molecule has 1 atom stereocenters. The Bertz CT molecular complexity index is 468. The molecule has 1 unspecified atom stereocenters. The van der Waals surface area contributed by atoms with Crippen LogP contribution in [0.15, 0.2) is 18.2 Å². The smallest absolute Gasteiger partial charge is 0.218 e. The maximum atomic E-state index is 11.7. The first-order valence-electron chi connectivity index (χ1n) is 4.99. The summed E-state index contributed by atoms with van der Waals surface area (Å²) >= 11 is 0. The topological polar surface area (TPSA) is 55.4 Å². The van der Waals surface area contributed by atoms with Crippen LogP contribution in [0.1, 0.15) is 23.3 Å². The summed E-state index contributed by atoms with van der Waals surface area (Å²) in [6.07, 6.45) is 0. The molecule has 1 aromatic rings. The highest BCUT2D eigenvalue weighted by Gasteiger charge is 2.23. The van der Waals surface area contributed by atoms with E-state index < -0.39 is 15.3 Å². The lowest BCUT2D eigenvalue weighted by Gasteiger charge is -2.16. The first-order chi connectivity index (χ1) is 7.42. The largest absolute Gasteiger partial charge is 0.496 e. The predicted octanol–water partition coefficient (Wildman–Crippen LogP) is 1.61. The Morgan fingerprint density at radius 3 is 2.50 bits per heavy atom. The first-order valence-corrected chi connectivity index (χ1v) is 6.54. The van der Waals surface area contributed by atoms with Gasteiger partial charge in [0.1, 0.15) is 11.0 Å². The molecule has 90 valence electrons. The molecule has 0 fully saturated rings. The standard InChI is InChI=1S/C11H17NO3S/c1-8-5-6-10(11(7-8)15-4)9(2)16(13,14)12-3/h5-7,9,12H,1-4H3. The van der Waals surface area contributed by atoms with Gasteiger partial charge in [-0.3, -0.25) is 0 Å². The van der Waals surface area contributed by atoms with Gasteiger partial charge in [-0.2, -0.15) is 0 Å². The molecule has 0 amide bonds. The van der Waals surface area contributed by atoms with E-state index in [1.54, 1.807) is 13.0 Å². The highest BCUT2D eigenvalue weighted by molar-refractivity contribution is 7.89. The molecule has 0 spiro atoms. The molecule has 1 N–H and O–H groups in total. The predicted molar refractivity (Wildman–Crippen MR) is 64.1 cm³/mol. The zero-order chi connectivity index (χ0) is 12.3. The number of ether oxygens (including phenoxy) is 1. The second-order valence-electron chi connectivity index (χ2n) is 3.64. The molecule has 16 heavy (non-hydrogen) atoms. The summed E-state index contributed by atoms with van der Waals surface area (Å²) in [6.45, 7) is 3.57. The average Bonchev–Trinajstić information content (AvgIpc) is 2.27. The van der Waals surface area contributed by atoms with Crippen molar-refractivity contribution in [1.29, 1.82) is 0 Å². The minimum absolute atomic E-state index is 0.603. The van der Waals surface area contributed by atoms with E-state index in [2.05, 4.69) is 4.72 Å². The van der Waals surface area contributed by atoms with Crippen LogP contribution >= 0.6 is 0 Å². The van der Waals surface area contributed by atoms with Gasteiger partial charge in [-0.25, -0.2) is 13.1 Å². The number of hydrogen-bond acceptors (Lipinski definition) is 3. The van der Waals surface area contributed by atoms with Gasteiger partial charge in [0.2, 0.25) is 10.0 Å². The third-order valence-corrected chi connectivity index (χ3v) is 4.33. The molecule has 0 heterocycles. The number of nitrogens with one attached hydrogen (secondary N) is 1. The molecule has 4 nitrogen and oxygen atoms in total. The highest BCUT2D eigenvalue weighted by atomic mass is 32.2. The Balaban J connectivity index is 3.23. The van der Waals surface area contributed by atoms with Crippen molar-refractivity contribution in [2.24, 2.45) is 0 Å². The lowest BCUT2D eigenvalue weighted by atomic mass is 10.1. The van der Waals surface area contributed by atoms with Gasteiger partial charge in [-0.1, -0.05) is 12.1 Å². The van der Waals surface area contributed by atoms with Crippen molar-refractivity contribution in [2.75, 3.05) is 14.2 Å². The average molecular weight is 243 g/mol. The van der Waals surface area contributed by atoms with Crippen molar-refractivity contribution in [1.82, 2.24) is 4.72 Å². The quantitative estimate of drug-likeness (QED) is 0.874. The summed E-state index contributed by atoms with van der Waals surface area (Å²) in [7, 11) is -0.379. The van der Waals surface area contributed by atoms with Crippen LogP contribution in [0.3, 0.4) is 0 Å². The fraction of sp³-hybridized carbons (Fsp3) is 0.455. The number of aryl methyl sites for hydroxylation is 1.